The zero-order valence-corrected chi connectivity index (χ0v) is 13.3. The third-order valence-electron chi connectivity index (χ3n) is 2.65. The second-order valence-corrected chi connectivity index (χ2v) is 6.52. The normalized spacial score (nSPS) is 10.3. The van der Waals surface area contributed by atoms with Crippen molar-refractivity contribution in [2.75, 3.05) is 0 Å². The molecule has 0 fully saturated rings. The molecule has 0 N–H and O–H groups in total. The molecule has 2 rings (SSSR count). The van der Waals surface area contributed by atoms with Gasteiger partial charge < -0.3 is 0 Å². The van der Waals surface area contributed by atoms with Crippen molar-refractivity contribution in [3.05, 3.63) is 69.8 Å². The average molecular weight is 366 g/mol. The number of thioether (sulfide) groups is 1. The lowest BCUT2D eigenvalue weighted by atomic mass is 10.1. The van der Waals surface area contributed by atoms with E-state index in [0.717, 1.165) is 11.3 Å². The van der Waals surface area contributed by atoms with Crippen LogP contribution in [0.3, 0.4) is 0 Å². The smallest absolute Gasteiger partial charge is 0.0232 e. The van der Waals surface area contributed by atoms with Crippen molar-refractivity contribution in [1.82, 2.24) is 0 Å². The third-order valence-corrected chi connectivity index (χ3v) is 4.38. The Kier molecular flexibility index (Phi) is 4.89. The number of rotatable bonds is 4. The van der Waals surface area contributed by atoms with Gasteiger partial charge in [-0.05, 0) is 58.8 Å². The van der Waals surface area contributed by atoms with Crippen molar-refractivity contribution in [3.63, 3.8) is 0 Å². The fourth-order valence-electron chi connectivity index (χ4n) is 1.61. The summed E-state index contributed by atoms with van der Waals surface area (Å²) in [6.07, 6.45) is 0. The SMILES string of the molecule is C=C(C)c1ccc(CSc2cccc(I)c2)cc1. The minimum Gasteiger partial charge on any atom is -0.121 e. The summed E-state index contributed by atoms with van der Waals surface area (Å²) in [7, 11) is 0. The van der Waals surface area contributed by atoms with E-state index in [2.05, 4.69) is 77.7 Å². The summed E-state index contributed by atoms with van der Waals surface area (Å²) in [5, 5.41) is 0. The highest BCUT2D eigenvalue weighted by Gasteiger charge is 1.98. The lowest BCUT2D eigenvalue weighted by Crippen LogP contribution is -1.83. The van der Waals surface area contributed by atoms with E-state index in [1.54, 1.807) is 0 Å². The van der Waals surface area contributed by atoms with E-state index in [4.69, 9.17) is 0 Å². The molecule has 2 heteroatoms. The van der Waals surface area contributed by atoms with Crippen LogP contribution in [-0.4, -0.2) is 0 Å². The van der Waals surface area contributed by atoms with Gasteiger partial charge in [-0.25, -0.2) is 0 Å². The van der Waals surface area contributed by atoms with Crippen LogP contribution in [0.25, 0.3) is 5.57 Å². The van der Waals surface area contributed by atoms with E-state index in [-0.39, 0.29) is 0 Å². The number of hydrogen-bond donors (Lipinski definition) is 0. The molecule has 0 amide bonds. The van der Waals surface area contributed by atoms with Crippen LogP contribution in [-0.2, 0) is 5.75 Å². The Bertz CT molecular complexity index is 543. The van der Waals surface area contributed by atoms with E-state index >= 15 is 0 Å². The summed E-state index contributed by atoms with van der Waals surface area (Å²) in [5.74, 6) is 1.01. The molecule has 0 saturated heterocycles. The number of halogens is 1. The summed E-state index contributed by atoms with van der Waals surface area (Å²) in [6.45, 7) is 5.99. The number of benzene rings is 2. The van der Waals surface area contributed by atoms with Crippen molar-refractivity contribution in [1.29, 1.82) is 0 Å². The molecule has 92 valence electrons. The van der Waals surface area contributed by atoms with Crippen LogP contribution < -0.4 is 0 Å². The molecule has 0 atom stereocenters. The van der Waals surface area contributed by atoms with Gasteiger partial charge in [0.1, 0.15) is 0 Å². The summed E-state index contributed by atoms with van der Waals surface area (Å²) < 4.78 is 1.29. The molecule has 0 nitrogen and oxygen atoms in total. The zero-order valence-electron chi connectivity index (χ0n) is 10.3. The van der Waals surface area contributed by atoms with E-state index in [9.17, 15) is 0 Å². The van der Waals surface area contributed by atoms with Gasteiger partial charge in [-0.2, -0.15) is 0 Å². The Morgan fingerprint density at radius 3 is 2.50 bits per heavy atom. The first kappa shape index (κ1) is 13.7. The molecule has 0 radical (unpaired) electrons. The molecule has 0 aromatic heterocycles. The van der Waals surface area contributed by atoms with Crippen LogP contribution >= 0.6 is 34.4 Å². The average Bonchev–Trinajstić information content (AvgIpc) is 2.37. The second kappa shape index (κ2) is 6.43. The summed E-state index contributed by atoms with van der Waals surface area (Å²) in [6, 6.07) is 17.3. The van der Waals surface area contributed by atoms with Gasteiger partial charge in [0.15, 0.2) is 0 Å². The highest BCUT2D eigenvalue weighted by molar-refractivity contribution is 14.1. The molecule has 2 aromatic carbocycles. The molecule has 0 saturated carbocycles. The lowest BCUT2D eigenvalue weighted by Gasteiger charge is -2.04. The molecule has 0 heterocycles. The maximum Gasteiger partial charge on any atom is 0.0232 e. The van der Waals surface area contributed by atoms with E-state index < -0.39 is 0 Å². The molecule has 0 bridgehead atoms. The third kappa shape index (κ3) is 3.89. The molecular formula is C16H15IS. The van der Waals surface area contributed by atoms with Crippen molar-refractivity contribution in [2.24, 2.45) is 0 Å². The fourth-order valence-corrected chi connectivity index (χ4v) is 3.27. The first-order chi connectivity index (χ1) is 8.65. The molecule has 0 spiro atoms. The second-order valence-electron chi connectivity index (χ2n) is 4.22. The monoisotopic (exact) mass is 366 g/mol. The van der Waals surface area contributed by atoms with Crippen LogP contribution in [0.4, 0.5) is 0 Å². The molecule has 0 aliphatic heterocycles. The quantitative estimate of drug-likeness (QED) is 0.500. The van der Waals surface area contributed by atoms with Gasteiger partial charge in [0, 0.05) is 14.2 Å². The molecule has 0 unspecified atom stereocenters. The Hall–Kier alpha value is -0.740. The maximum absolute atomic E-state index is 3.95. The predicted octanol–water partition coefficient (Wildman–Crippen LogP) is 5.62. The number of hydrogen-bond acceptors (Lipinski definition) is 1. The van der Waals surface area contributed by atoms with Crippen LogP contribution in [0, 0.1) is 3.57 Å². The summed E-state index contributed by atoms with van der Waals surface area (Å²) in [4.78, 5) is 1.32. The van der Waals surface area contributed by atoms with Gasteiger partial charge >= 0.3 is 0 Å². The first-order valence-corrected chi connectivity index (χ1v) is 7.85. The topological polar surface area (TPSA) is 0 Å². The van der Waals surface area contributed by atoms with Gasteiger partial charge in [-0.15, -0.1) is 11.8 Å². The van der Waals surface area contributed by atoms with Crippen molar-refractivity contribution in [3.8, 4) is 0 Å². The van der Waals surface area contributed by atoms with Gasteiger partial charge in [-0.1, -0.05) is 42.5 Å². The fraction of sp³-hybridized carbons (Fsp3) is 0.125. The highest BCUT2D eigenvalue weighted by Crippen LogP contribution is 2.24. The van der Waals surface area contributed by atoms with Crippen LogP contribution in [0.15, 0.2) is 60.0 Å². The maximum atomic E-state index is 3.95. The van der Waals surface area contributed by atoms with E-state index in [1.165, 1.54) is 19.6 Å². The minimum atomic E-state index is 1.01. The highest BCUT2D eigenvalue weighted by atomic mass is 127. The van der Waals surface area contributed by atoms with Crippen LogP contribution in [0.5, 0.6) is 0 Å². The molecular weight excluding hydrogens is 351 g/mol. The number of allylic oxidation sites excluding steroid dienone is 1. The van der Waals surface area contributed by atoms with E-state index in [0.29, 0.717) is 0 Å². The van der Waals surface area contributed by atoms with Gasteiger partial charge in [-0.3, -0.25) is 0 Å². The van der Waals surface area contributed by atoms with Gasteiger partial charge in [0.05, 0.1) is 0 Å². The Morgan fingerprint density at radius 1 is 1.17 bits per heavy atom. The van der Waals surface area contributed by atoms with Crippen molar-refractivity contribution in [2.45, 2.75) is 17.6 Å². The zero-order chi connectivity index (χ0) is 13.0. The van der Waals surface area contributed by atoms with Crippen molar-refractivity contribution >= 4 is 39.9 Å². The first-order valence-electron chi connectivity index (χ1n) is 5.78. The van der Waals surface area contributed by atoms with Gasteiger partial charge in [0.25, 0.3) is 0 Å². The molecule has 2 aromatic rings. The van der Waals surface area contributed by atoms with Crippen LogP contribution in [0.1, 0.15) is 18.1 Å². The Labute approximate surface area is 127 Å². The standard InChI is InChI=1S/C16H15IS/c1-12(2)14-8-6-13(7-9-14)11-18-16-5-3-4-15(17)10-16/h3-10H,1,11H2,2H3. The Balaban J connectivity index is 2.00. The van der Waals surface area contributed by atoms with Crippen molar-refractivity contribution < 1.29 is 0 Å². The molecule has 0 aliphatic carbocycles. The molecule has 18 heavy (non-hydrogen) atoms. The summed E-state index contributed by atoms with van der Waals surface area (Å²) in [5.41, 5.74) is 3.69. The largest absolute Gasteiger partial charge is 0.121 e. The van der Waals surface area contributed by atoms with E-state index in [1.807, 2.05) is 18.7 Å². The predicted molar refractivity (Wildman–Crippen MR) is 89.9 cm³/mol. The lowest BCUT2D eigenvalue weighted by molar-refractivity contribution is 1.36. The summed E-state index contributed by atoms with van der Waals surface area (Å²) >= 11 is 4.22. The van der Waals surface area contributed by atoms with Crippen LogP contribution in [0.2, 0.25) is 0 Å². The Morgan fingerprint density at radius 2 is 1.89 bits per heavy atom. The van der Waals surface area contributed by atoms with Gasteiger partial charge in [0.2, 0.25) is 0 Å². The molecule has 0 aliphatic rings. The minimum absolute atomic E-state index is 1.01.